The highest BCUT2D eigenvalue weighted by molar-refractivity contribution is 6.05. The van der Waals surface area contributed by atoms with Gasteiger partial charge in [0.05, 0.1) is 30.1 Å². The average molecular weight is 945 g/mol. The van der Waals surface area contributed by atoms with E-state index in [2.05, 4.69) is 49.8 Å². The Morgan fingerprint density at radius 2 is 1.69 bits per heavy atom. The molecule has 0 radical (unpaired) electrons. The number of nitriles is 1. The maximum Gasteiger partial charge on any atom is 0.255 e. The van der Waals surface area contributed by atoms with E-state index in [9.17, 15) is 29.2 Å². The fraction of sp³-hybridized carbons (Fsp3) is 0.444. The standard InChI is InChI=1S/C54H60N10O6/c1-2-70-43-29-44(50-42(31-55)33-57-64(50)35-43)40-10-12-47(56-32-40)61-26-19-54(20-27-61,30-36-6-4-3-5-7-36)59-51(67)38-16-24-62(25-17-38)49(66)18-23-60-21-14-37(15-22-60)39-8-9-41-34-63(53(69)45(41)28-39)46-11-13-48(65)58-52(46)68/h3-10,12,28-29,32-33,35,37-38,46H,2,11,13-27,30,34H2,1H3,(H,59,67)(H,58,65,68). The molecule has 8 heterocycles. The third kappa shape index (κ3) is 9.72. The summed E-state index contributed by atoms with van der Waals surface area (Å²) in [5, 5.41) is 20.1. The first-order chi connectivity index (χ1) is 34.1. The monoisotopic (exact) mass is 944 g/mol. The molecule has 4 saturated heterocycles. The maximum atomic E-state index is 14.2. The lowest BCUT2D eigenvalue weighted by molar-refractivity contribution is -0.137. The number of ether oxygens (including phenoxy) is 1. The van der Waals surface area contributed by atoms with E-state index in [-0.39, 0.29) is 36.0 Å². The van der Waals surface area contributed by atoms with Crippen LogP contribution in [-0.2, 0) is 32.1 Å². The van der Waals surface area contributed by atoms with Gasteiger partial charge in [0.2, 0.25) is 23.6 Å². The molecular weight excluding hydrogens is 885 g/mol. The lowest BCUT2D eigenvalue weighted by Crippen LogP contribution is -2.58. The highest BCUT2D eigenvalue weighted by atomic mass is 16.5. The number of fused-ring (bicyclic) bond motifs is 2. The number of likely N-dealkylation sites (tertiary alicyclic amines) is 2. The van der Waals surface area contributed by atoms with Crippen molar-refractivity contribution >= 4 is 40.9 Å². The first-order valence-electron chi connectivity index (χ1n) is 25.0. The minimum Gasteiger partial charge on any atom is -0.492 e. The Bertz CT molecular complexity index is 2820. The predicted molar refractivity (Wildman–Crippen MR) is 262 cm³/mol. The van der Waals surface area contributed by atoms with Crippen LogP contribution < -0.4 is 20.3 Å². The number of pyridine rings is 2. The molecule has 5 aromatic rings. The Hall–Kier alpha value is -7.12. The number of carbonyl (C=O) groups excluding carboxylic acids is 5. The second-order valence-electron chi connectivity index (χ2n) is 19.6. The van der Waals surface area contributed by atoms with Gasteiger partial charge in [-0.1, -0.05) is 42.5 Å². The Morgan fingerprint density at radius 1 is 0.900 bits per heavy atom. The van der Waals surface area contributed by atoms with Crippen molar-refractivity contribution < 1.29 is 28.7 Å². The average Bonchev–Trinajstić information content (AvgIpc) is 3.96. The van der Waals surface area contributed by atoms with Crippen molar-refractivity contribution in [3.63, 3.8) is 0 Å². The zero-order valence-electron chi connectivity index (χ0n) is 39.8. The summed E-state index contributed by atoms with van der Waals surface area (Å²) >= 11 is 0. The third-order valence-corrected chi connectivity index (χ3v) is 15.4. The molecular formula is C54H60N10O6. The fourth-order valence-corrected chi connectivity index (χ4v) is 11.4. The van der Waals surface area contributed by atoms with Gasteiger partial charge in [-0.3, -0.25) is 29.3 Å². The summed E-state index contributed by atoms with van der Waals surface area (Å²) in [6, 6.07) is 24.1. The van der Waals surface area contributed by atoms with Crippen LogP contribution in [0.2, 0.25) is 0 Å². The maximum absolute atomic E-state index is 14.2. The van der Waals surface area contributed by atoms with Crippen LogP contribution in [0.1, 0.15) is 103 Å². The summed E-state index contributed by atoms with van der Waals surface area (Å²) in [7, 11) is 0. The van der Waals surface area contributed by atoms with E-state index in [1.807, 2.05) is 66.6 Å². The van der Waals surface area contributed by atoms with Crippen LogP contribution >= 0.6 is 0 Å². The second-order valence-corrected chi connectivity index (χ2v) is 19.6. The third-order valence-electron chi connectivity index (χ3n) is 15.4. The summed E-state index contributed by atoms with van der Waals surface area (Å²) in [4.78, 5) is 78.3. The van der Waals surface area contributed by atoms with E-state index >= 15 is 0 Å². The normalized spacial score (nSPS) is 20.0. The quantitative estimate of drug-likeness (QED) is 0.139. The molecule has 3 aromatic heterocycles. The number of hydrogen-bond acceptors (Lipinski definition) is 11. The number of imide groups is 1. The molecule has 5 aliphatic rings. The minimum atomic E-state index is -0.623. The van der Waals surface area contributed by atoms with Crippen LogP contribution in [0.15, 0.2) is 85.3 Å². The van der Waals surface area contributed by atoms with Gasteiger partial charge in [0.15, 0.2) is 0 Å². The van der Waals surface area contributed by atoms with Crippen molar-refractivity contribution in [1.82, 2.24) is 39.9 Å². The van der Waals surface area contributed by atoms with Gasteiger partial charge in [-0.25, -0.2) is 9.50 Å². The molecule has 0 spiro atoms. The molecule has 1 unspecified atom stereocenters. The van der Waals surface area contributed by atoms with Crippen LogP contribution in [0.3, 0.4) is 0 Å². The highest BCUT2D eigenvalue weighted by Gasteiger charge is 2.41. The molecule has 1 atom stereocenters. The Balaban J connectivity index is 0.700. The molecule has 4 fully saturated rings. The summed E-state index contributed by atoms with van der Waals surface area (Å²) in [5.74, 6) is 1.02. The predicted octanol–water partition coefficient (Wildman–Crippen LogP) is 5.63. The van der Waals surface area contributed by atoms with Crippen LogP contribution in [0, 0.1) is 17.2 Å². The van der Waals surface area contributed by atoms with E-state index in [0.717, 1.165) is 86.4 Å². The van der Waals surface area contributed by atoms with E-state index in [4.69, 9.17) is 9.72 Å². The SMILES string of the molecule is CCOc1cc(-c2ccc(N3CCC(Cc4ccccc4)(NC(=O)C4CCN(C(=O)CCN5CCC(c6ccc7c(c6)C(=O)N(C6CCC(=O)NC6=O)C7)CC5)CC4)CC3)nc2)c2c(C#N)cnn2c1. The summed E-state index contributed by atoms with van der Waals surface area (Å²) in [6.45, 7) is 7.80. The first-order valence-corrected chi connectivity index (χ1v) is 25.0. The smallest absolute Gasteiger partial charge is 0.255 e. The molecule has 16 nitrogen and oxygen atoms in total. The Labute approximate surface area is 408 Å². The van der Waals surface area contributed by atoms with Crippen molar-refractivity contribution in [3.05, 3.63) is 113 Å². The van der Waals surface area contributed by atoms with Gasteiger partial charge in [-0.15, -0.1) is 0 Å². The Morgan fingerprint density at radius 3 is 2.40 bits per heavy atom. The van der Waals surface area contributed by atoms with Gasteiger partial charge < -0.3 is 29.7 Å². The molecule has 5 aliphatic heterocycles. The molecule has 0 aliphatic carbocycles. The fourth-order valence-electron chi connectivity index (χ4n) is 11.4. The minimum absolute atomic E-state index is 0.0680. The number of hydrogen-bond donors (Lipinski definition) is 2. The molecule has 16 heteroatoms. The van der Waals surface area contributed by atoms with Crippen molar-refractivity contribution in [2.45, 2.75) is 95.2 Å². The number of nitrogens with one attached hydrogen (secondary N) is 2. The molecule has 5 amide bonds. The zero-order valence-corrected chi connectivity index (χ0v) is 39.8. The number of aromatic nitrogens is 3. The van der Waals surface area contributed by atoms with Crippen LogP contribution in [0.25, 0.3) is 16.6 Å². The van der Waals surface area contributed by atoms with Gasteiger partial charge >= 0.3 is 0 Å². The summed E-state index contributed by atoms with van der Waals surface area (Å²) < 4.78 is 7.49. The Kier molecular flexibility index (Phi) is 13.4. The van der Waals surface area contributed by atoms with Crippen molar-refractivity contribution in [2.75, 3.05) is 57.3 Å². The highest BCUT2D eigenvalue weighted by Crippen LogP contribution is 2.36. The van der Waals surface area contributed by atoms with E-state index in [1.165, 1.54) is 5.56 Å². The number of carbonyl (C=O) groups is 5. The van der Waals surface area contributed by atoms with Crippen molar-refractivity contribution in [1.29, 1.82) is 5.26 Å². The molecule has 2 aromatic carbocycles. The number of piperidine rings is 4. The first kappa shape index (κ1) is 46.6. The summed E-state index contributed by atoms with van der Waals surface area (Å²) in [6.07, 6.45) is 11.6. The van der Waals surface area contributed by atoms with Gasteiger partial charge in [0.1, 0.15) is 23.7 Å². The van der Waals surface area contributed by atoms with Gasteiger partial charge in [-0.2, -0.15) is 10.4 Å². The second kappa shape index (κ2) is 20.1. The molecule has 0 bridgehead atoms. The topological polar surface area (TPSA) is 186 Å². The number of anilines is 1. The van der Waals surface area contributed by atoms with Gasteiger partial charge in [0.25, 0.3) is 5.91 Å². The summed E-state index contributed by atoms with van der Waals surface area (Å²) in [5.41, 5.74) is 6.32. The lowest BCUT2D eigenvalue weighted by atomic mass is 9.80. The zero-order chi connectivity index (χ0) is 48.4. The molecule has 70 heavy (non-hydrogen) atoms. The molecule has 362 valence electrons. The lowest BCUT2D eigenvalue weighted by Gasteiger charge is -2.44. The number of rotatable bonds is 13. The number of amides is 5. The van der Waals surface area contributed by atoms with Crippen molar-refractivity contribution in [2.24, 2.45) is 5.92 Å². The number of nitrogens with zero attached hydrogens (tertiary/aromatic N) is 8. The van der Waals surface area contributed by atoms with Crippen LogP contribution in [0.4, 0.5) is 5.82 Å². The van der Waals surface area contributed by atoms with E-state index < -0.39 is 17.5 Å². The van der Waals surface area contributed by atoms with E-state index in [0.29, 0.717) is 86.8 Å². The van der Waals surface area contributed by atoms with Gasteiger partial charge in [-0.05, 0) is 118 Å². The van der Waals surface area contributed by atoms with E-state index in [1.54, 1.807) is 21.8 Å². The molecule has 2 N–H and O–H groups in total. The van der Waals surface area contributed by atoms with Crippen LogP contribution in [0.5, 0.6) is 5.75 Å². The molecule has 10 rings (SSSR count). The number of benzene rings is 2. The van der Waals surface area contributed by atoms with Gasteiger partial charge in [0, 0.05) is 86.5 Å². The largest absolute Gasteiger partial charge is 0.492 e. The molecule has 0 saturated carbocycles. The van der Waals surface area contributed by atoms with Crippen LogP contribution in [-0.4, -0.2) is 123 Å². The van der Waals surface area contributed by atoms with Crippen molar-refractivity contribution in [3.8, 4) is 22.9 Å².